The number of fused-ring (bicyclic) bond motifs is 2. The third-order valence-corrected chi connectivity index (χ3v) is 5.54. The minimum absolute atomic E-state index is 0.355. The van der Waals surface area contributed by atoms with E-state index in [9.17, 15) is 0 Å². The number of hydrogen-bond acceptors (Lipinski definition) is 3. The summed E-state index contributed by atoms with van der Waals surface area (Å²) in [5, 5.41) is 0. The number of nitrogens with zero attached hydrogens (tertiary/aromatic N) is 1. The van der Waals surface area contributed by atoms with Crippen LogP contribution in [-0.2, 0) is 11.3 Å². The average Bonchev–Trinajstić information content (AvgIpc) is 2.69. The standard InChI is InChI=1S/C24H29NO2/c1-2-3-13-27-24-11-9-20(10-12-24)21-14-22-17-26-18-23(15-21)25(22)16-19-7-5-4-6-8-19/h4-12,14,22-23H,2-3,13,15-18H2,1H3. The van der Waals surface area contributed by atoms with E-state index < -0.39 is 0 Å². The first-order chi connectivity index (χ1) is 13.3. The molecule has 2 aliphatic heterocycles. The lowest BCUT2D eigenvalue weighted by Gasteiger charge is -2.44. The van der Waals surface area contributed by atoms with Crippen LogP contribution >= 0.6 is 0 Å². The molecule has 0 saturated carbocycles. The van der Waals surface area contributed by atoms with Crippen LogP contribution in [0.3, 0.4) is 0 Å². The van der Waals surface area contributed by atoms with Crippen LogP contribution in [-0.4, -0.2) is 36.8 Å². The number of hydrogen-bond donors (Lipinski definition) is 0. The molecule has 0 N–H and O–H groups in total. The first kappa shape index (κ1) is 18.3. The van der Waals surface area contributed by atoms with E-state index in [1.807, 2.05) is 0 Å². The van der Waals surface area contributed by atoms with Crippen molar-refractivity contribution >= 4 is 5.57 Å². The molecule has 2 unspecified atom stereocenters. The van der Waals surface area contributed by atoms with Gasteiger partial charge in [0.2, 0.25) is 0 Å². The zero-order valence-electron chi connectivity index (χ0n) is 16.1. The van der Waals surface area contributed by atoms with Crippen molar-refractivity contribution < 1.29 is 9.47 Å². The lowest BCUT2D eigenvalue weighted by Crippen LogP contribution is -2.53. The molecule has 0 radical (unpaired) electrons. The van der Waals surface area contributed by atoms with Crippen molar-refractivity contribution in [3.63, 3.8) is 0 Å². The molecule has 2 heterocycles. The van der Waals surface area contributed by atoms with Crippen LogP contribution in [0.4, 0.5) is 0 Å². The van der Waals surface area contributed by atoms with E-state index in [0.717, 1.165) is 51.4 Å². The molecule has 1 saturated heterocycles. The van der Waals surface area contributed by atoms with Crippen LogP contribution in [0.2, 0.25) is 0 Å². The largest absolute Gasteiger partial charge is 0.494 e. The summed E-state index contributed by atoms with van der Waals surface area (Å²) in [7, 11) is 0. The smallest absolute Gasteiger partial charge is 0.119 e. The first-order valence-electron chi connectivity index (χ1n) is 10.1. The molecule has 3 nitrogen and oxygen atoms in total. The molecule has 27 heavy (non-hydrogen) atoms. The summed E-state index contributed by atoms with van der Waals surface area (Å²) in [6.07, 6.45) is 5.72. The molecule has 2 aromatic rings. The second kappa shape index (κ2) is 8.73. The Kier molecular flexibility index (Phi) is 5.90. The molecule has 0 aromatic heterocycles. The van der Waals surface area contributed by atoms with E-state index in [4.69, 9.17) is 9.47 Å². The molecule has 2 atom stereocenters. The van der Waals surface area contributed by atoms with Gasteiger partial charge in [-0.15, -0.1) is 0 Å². The first-order valence-corrected chi connectivity index (χ1v) is 10.1. The van der Waals surface area contributed by atoms with Gasteiger partial charge in [0.1, 0.15) is 5.75 Å². The van der Waals surface area contributed by atoms with Crippen LogP contribution in [0.5, 0.6) is 5.75 Å². The third-order valence-electron chi connectivity index (χ3n) is 5.54. The number of rotatable bonds is 7. The fraction of sp³-hybridized carbons (Fsp3) is 0.417. The lowest BCUT2D eigenvalue weighted by atomic mass is 9.89. The summed E-state index contributed by atoms with van der Waals surface area (Å²) >= 11 is 0. The highest BCUT2D eigenvalue weighted by Crippen LogP contribution is 2.34. The van der Waals surface area contributed by atoms with Gasteiger partial charge >= 0.3 is 0 Å². The van der Waals surface area contributed by atoms with E-state index in [1.165, 1.54) is 16.7 Å². The van der Waals surface area contributed by atoms with E-state index in [-0.39, 0.29) is 0 Å². The highest BCUT2D eigenvalue weighted by molar-refractivity contribution is 5.68. The molecule has 0 spiro atoms. The second-order valence-electron chi connectivity index (χ2n) is 7.54. The minimum Gasteiger partial charge on any atom is -0.494 e. The van der Waals surface area contributed by atoms with E-state index >= 15 is 0 Å². The zero-order chi connectivity index (χ0) is 18.5. The quantitative estimate of drug-likeness (QED) is 0.652. The fourth-order valence-corrected chi connectivity index (χ4v) is 4.02. The lowest BCUT2D eigenvalue weighted by molar-refractivity contribution is -0.0402. The van der Waals surface area contributed by atoms with Crippen molar-refractivity contribution in [1.29, 1.82) is 0 Å². The van der Waals surface area contributed by atoms with Crippen molar-refractivity contribution in [3.8, 4) is 5.75 Å². The summed E-state index contributed by atoms with van der Waals surface area (Å²) in [6, 6.07) is 20.2. The van der Waals surface area contributed by atoms with Gasteiger partial charge in [0.15, 0.2) is 0 Å². The van der Waals surface area contributed by atoms with Crippen molar-refractivity contribution in [3.05, 3.63) is 71.8 Å². The van der Waals surface area contributed by atoms with Gasteiger partial charge in [-0.3, -0.25) is 4.90 Å². The Morgan fingerprint density at radius 2 is 1.85 bits per heavy atom. The summed E-state index contributed by atoms with van der Waals surface area (Å²) in [5.41, 5.74) is 4.13. The molecular formula is C24H29NO2. The van der Waals surface area contributed by atoms with Crippen molar-refractivity contribution in [1.82, 2.24) is 4.90 Å². The van der Waals surface area contributed by atoms with Crippen LogP contribution in [0.15, 0.2) is 60.7 Å². The Balaban J connectivity index is 1.47. The van der Waals surface area contributed by atoms with Crippen molar-refractivity contribution in [2.24, 2.45) is 0 Å². The van der Waals surface area contributed by atoms with E-state index in [0.29, 0.717) is 12.1 Å². The molecule has 2 aromatic carbocycles. The van der Waals surface area contributed by atoms with Gasteiger partial charge in [-0.2, -0.15) is 0 Å². The van der Waals surface area contributed by atoms with Gasteiger partial charge in [0.25, 0.3) is 0 Å². The Labute approximate surface area is 162 Å². The zero-order valence-corrected chi connectivity index (χ0v) is 16.1. The Bertz CT molecular complexity index is 754. The summed E-state index contributed by atoms with van der Waals surface area (Å²) < 4.78 is 11.7. The molecule has 1 fully saturated rings. The summed E-state index contributed by atoms with van der Waals surface area (Å²) in [6.45, 7) is 5.58. The minimum atomic E-state index is 0.355. The van der Waals surface area contributed by atoms with Crippen LogP contribution in [0.25, 0.3) is 5.57 Å². The van der Waals surface area contributed by atoms with Gasteiger partial charge in [-0.05, 0) is 41.7 Å². The van der Waals surface area contributed by atoms with E-state index in [2.05, 4.69) is 72.5 Å². The summed E-state index contributed by atoms with van der Waals surface area (Å²) in [4.78, 5) is 2.60. The van der Waals surface area contributed by atoms with E-state index in [1.54, 1.807) is 0 Å². The number of unbranched alkanes of at least 4 members (excludes halogenated alkanes) is 1. The molecule has 0 amide bonds. The van der Waals surface area contributed by atoms with Gasteiger partial charge < -0.3 is 9.47 Å². The maximum Gasteiger partial charge on any atom is 0.119 e. The molecule has 2 bridgehead atoms. The number of ether oxygens (including phenoxy) is 2. The highest BCUT2D eigenvalue weighted by Gasteiger charge is 2.34. The summed E-state index contributed by atoms with van der Waals surface area (Å²) in [5.74, 6) is 0.970. The predicted molar refractivity (Wildman–Crippen MR) is 110 cm³/mol. The fourth-order valence-electron chi connectivity index (χ4n) is 4.02. The normalized spacial score (nSPS) is 22.3. The molecule has 2 aliphatic rings. The molecular weight excluding hydrogens is 334 g/mol. The average molecular weight is 364 g/mol. The van der Waals surface area contributed by atoms with Crippen LogP contribution in [0.1, 0.15) is 37.3 Å². The molecule has 3 heteroatoms. The Hall–Kier alpha value is -2.10. The maximum atomic E-state index is 5.86. The van der Waals surface area contributed by atoms with Gasteiger partial charge in [0.05, 0.1) is 25.9 Å². The maximum absolute atomic E-state index is 5.86. The van der Waals surface area contributed by atoms with Crippen molar-refractivity contribution in [2.75, 3.05) is 19.8 Å². The second-order valence-corrected chi connectivity index (χ2v) is 7.54. The Morgan fingerprint density at radius 3 is 2.59 bits per heavy atom. The van der Waals surface area contributed by atoms with Crippen LogP contribution in [0, 0.1) is 0 Å². The molecule has 0 aliphatic carbocycles. The van der Waals surface area contributed by atoms with Gasteiger partial charge in [0, 0.05) is 12.6 Å². The Morgan fingerprint density at radius 1 is 1.04 bits per heavy atom. The highest BCUT2D eigenvalue weighted by atomic mass is 16.5. The third kappa shape index (κ3) is 4.42. The van der Waals surface area contributed by atoms with Crippen LogP contribution < -0.4 is 4.74 Å². The number of morpholine rings is 1. The monoisotopic (exact) mass is 363 g/mol. The van der Waals surface area contributed by atoms with Crippen molar-refractivity contribution in [2.45, 2.75) is 44.8 Å². The molecule has 142 valence electrons. The topological polar surface area (TPSA) is 21.7 Å². The van der Waals surface area contributed by atoms with Gasteiger partial charge in [-0.1, -0.05) is 61.9 Å². The number of benzene rings is 2. The molecule has 4 rings (SSSR count). The van der Waals surface area contributed by atoms with Gasteiger partial charge in [-0.25, -0.2) is 0 Å². The predicted octanol–water partition coefficient (Wildman–Crippen LogP) is 4.92. The SMILES string of the molecule is CCCCOc1ccc(C2=CC3COCC(C2)N3Cc2ccccc2)cc1.